The maximum atomic E-state index is 11.6. The Labute approximate surface area is 125 Å². The Kier molecular flexibility index (Phi) is 4.75. The van der Waals surface area contributed by atoms with Gasteiger partial charge in [0.25, 0.3) is 0 Å². The molecule has 0 saturated carbocycles. The molecule has 0 fully saturated rings. The van der Waals surface area contributed by atoms with E-state index in [1.807, 2.05) is 55.8 Å². The second-order valence-electron chi connectivity index (χ2n) is 5.83. The van der Waals surface area contributed by atoms with Gasteiger partial charge >= 0.3 is 5.97 Å². The number of rotatable bonds is 5. The molecule has 5 nitrogen and oxygen atoms in total. The van der Waals surface area contributed by atoms with Crippen LogP contribution in [0.25, 0.3) is 5.69 Å². The molecule has 0 atom stereocenters. The molecule has 0 amide bonds. The third-order valence-electron chi connectivity index (χ3n) is 2.76. The molecule has 0 spiro atoms. The molecule has 0 radical (unpaired) electrons. The largest absolute Gasteiger partial charge is 0.459 e. The van der Waals surface area contributed by atoms with Crippen LogP contribution in [0.1, 0.15) is 26.3 Å². The molecule has 1 aromatic heterocycles. The molecule has 0 unspecified atom stereocenters. The van der Waals surface area contributed by atoms with Crippen molar-refractivity contribution in [3.63, 3.8) is 0 Å². The van der Waals surface area contributed by atoms with Gasteiger partial charge in [0.05, 0.1) is 12.9 Å². The van der Waals surface area contributed by atoms with E-state index in [-0.39, 0.29) is 12.5 Å². The van der Waals surface area contributed by atoms with Crippen LogP contribution in [0.4, 0.5) is 0 Å². The van der Waals surface area contributed by atoms with Crippen molar-refractivity contribution in [1.82, 2.24) is 14.9 Å². The summed E-state index contributed by atoms with van der Waals surface area (Å²) < 4.78 is 7.17. The van der Waals surface area contributed by atoms with Crippen molar-refractivity contribution >= 4 is 5.97 Å². The van der Waals surface area contributed by atoms with Gasteiger partial charge in [-0.1, -0.05) is 12.1 Å². The summed E-state index contributed by atoms with van der Waals surface area (Å²) in [4.78, 5) is 15.6. The number of nitrogens with zero attached hydrogens (tertiary/aromatic N) is 2. The Morgan fingerprint density at radius 2 is 2.00 bits per heavy atom. The van der Waals surface area contributed by atoms with Crippen LogP contribution >= 0.6 is 0 Å². The van der Waals surface area contributed by atoms with Crippen molar-refractivity contribution in [3.8, 4) is 5.69 Å². The number of aromatic nitrogens is 2. The van der Waals surface area contributed by atoms with Crippen LogP contribution in [0, 0.1) is 0 Å². The van der Waals surface area contributed by atoms with E-state index in [1.54, 1.807) is 12.5 Å². The number of imidazole rings is 1. The molecule has 0 aliphatic heterocycles. The lowest BCUT2D eigenvalue weighted by Crippen LogP contribution is -2.31. The van der Waals surface area contributed by atoms with E-state index in [0.29, 0.717) is 6.54 Å². The van der Waals surface area contributed by atoms with E-state index >= 15 is 0 Å². The third-order valence-corrected chi connectivity index (χ3v) is 2.76. The zero-order valence-electron chi connectivity index (χ0n) is 12.7. The quantitative estimate of drug-likeness (QED) is 0.857. The molecule has 1 heterocycles. The fraction of sp³-hybridized carbons (Fsp3) is 0.375. The number of hydrogen-bond donors (Lipinski definition) is 1. The second kappa shape index (κ2) is 6.54. The molecule has 1 aromatic carbocycles. The van der Waals surface area contributed by atoms with Crippen molar-refractivity contribution < 1.29 is 9.53 Å². The lowest BCUT2D eigenvalue weighted by atomic mass is 10.2. The van der Waals surface area contributed by atoms with Crippen molar-refractivity contribution in [3.05, 3.63) is 48.5 Å². The van der Waals surface area contributed by atoms with Gasteiger partial charge in [0, 0.05) is 24.6 Å². The molecule has 1 N–H and O–H groups in total. The van der Waals surface area contributed by atoms with Crippen molar-refractivity contribution in [2.24, 2.45) is 0 Å². The molecular formula is C16H21N3O2. The van der Waals surface area contributed by atoms with E-state index in [0.717, 1.165) is 11.3 Å². The lowest BCUT2D eigenvalue weighted by molar-refractivity contribution is -0.153. The highest BCUT2D eigenvalue weighted by atomic mass is 16.6. The van der Waals surface area contributed by atoms with E-state index < -0.39 is 5.60 Å². The summed E-state index contributed by atoms with van der Waals surface area (Å²) in [5, 5.41) is 3.08. The fourth-order valence-corrected chi connectivity index (χ4v) is 1.88. The first-order chi connectivity index (χ1) is 9.94. The summed E-state index contributed by atoms with van der Waals surface area (Å²) in [5.74, 6) is -0.238. The van der Waals surface area contributed by atoms with Gasteiger partial charge in [-0.15, -0.1) is 0 Å². The summed E-state index contributed by atoms with van der Waals surface area (Å²) in [7, 11) is 0. The number of hydrogen-bond acceptors (Lipinski definition) is 4. The van der Waals surface area contributed by atoms with Crippen LogP contribution in [0.5, 0.6) is 0 Å². The predicted molar refractivity (Wildman–Crippen MR) is 81.1 cm³/mol. The minimum atomic E-state index is -0.439. The van der Waals surface area contributed by atoms with Crippen molar-refractivity contribution in [2.75, 3.05) is 6.54 Å². The first-order valence-electron chi connectivity index (χ1n) is 6.94. The van der Waals surface area contributed by atoms with Gasteiger partial charge in [-0.2, -0.15) is 0 Å². The highest BCUT2D eigenvalue weighted by Gasteiger charge is 2.15. The normalized spacial score (nSPS) is 11.4. The van der Waals surface area contributed by atoms with Crippen LogP contribution in [-0.4, -0.2) is 27.7 Å². The van der Waals surface area contributed by atoms with Crippen molar-refractivity contribution in [1.29, 1.82) is 0 Å². The van der Waals surface area contributed by atoms with Gasteiger partial charge < -0.3 is 14.6 Å². The molecule has 21 heavy (non-hydrogen) atoms. The van der Waals surface area contributed by atoms with Crippen LogP contribution in [0.15, 0.2) is 43.0 Å². The summed E-state index contributed by atoms with van der Waals surface area (Å²) >= 11 is 0. The highest BCUT2D eigenvalue weighted by molar-refractivity contribution is 5.72. The third kappa shape index (κ3) is 5.04. The molecule has 0 aliphatic rings. The average Bonchev–Trinajstić information content (AvgIpc) is 2.91. The maximum absolute atomic E-state index is 11.6. The van der Waals surface area contributed by atoms with E-state index in [4.69, 9.17) is 4.74 Å². The smallest absolute Gasteiger partial charge is 0.320 e. The molecule has 2 rings (SSSR count). The summed E-state index contributed by atoms with van der Waals surface area (Å²) in [6.07, 6.45) is 5.40. The molecule has 0 saturated heterocycles. The SMILES string of the molecule is CC(C)(C)OC(=O)CNCc1ccc(-n2ccnc2)cc1. The Morgan fingerprint density at radius 3 is 2.57 bits per heavy atom. The summed E-state index contributed by atoms with van der Waals surface area (Å²) in [6, 6.07) is 8.09. The Balaban J connectivity index is 1.80. The lowest BCUT2D eigenvalue weighted by Gasteiger charge is -2.19. The topological polar surface area (TPSA) is 56.1 Å². The maximum Gasteiger partial charge on any atom is 0.320 e. The van der Waals surface area contributed by atoms with Gasteiger partial charge in [0.15, 0.2) is 0 Å². The standard InChI is InChI=1S/C16H21N3O2/c1-16(2,3)21-15(20)11-18-10-13-4-6-14(7-5-13)19-9-8-17-12-19/h4-9,12,18H,10-11H2,1-3H3. The van der Waals surface area contributed by atoms with Gasteiger partial charge in [-0.05, 0) is 38.5 Å². The zero-order valence-corrected chi connectivity index (χ0v) is 12.7. The molecule has 2 aromatic rings. The van der Waals surface area contributed by atoms with Gasteiger partial charge in [0.2, 0.25) is 0 Å². The highest BCUT2D eigenvalue weighted by Crippen LogP contribution is 2.09. The first kappa shape index (κ1) is 15.3. The molecule has 0 bridgehead atoms. The van der Waals surface area contributed by atoms with Crippen LogP contribution in [0.3, 0.4) is 0 Å². The number of esters is 1. The Bertz CT molecular complexity index is 569. The number of benzene rings is 1. The Hall–Kier alpha value is -2.14. The minimum Gasteiger partial charge on any atom is -0.459 e. The number of nitrogens with one attached hydrogen (secondary N) is 1. The molecule has 5 heteroatoms. The van der Waals surface area contributed by atoms with E-state index in [1.165, 1.54) is 0 Å². The number of carbonyl (C=O) groups excluding carboxylic acids is 1. The molecule has 0 aliphatic carbocycles. The predicted octanol–water partition coefficient (Wildman–Crippen LogP) is 2.30. The van der Waals surface area contributed by atoms with E-state index in [9.17, 15) is 4.79 Å². The van der Waals surface area contributed by atoms with E-state index in [2.05, 4.69) is 10.3 Å². The van der Waals surface area contributed by atoms with Crippen molar-refractivity contribution in [2.45, 2.75) is 32.9 Å². The first-order valence-corrected chi connectivity index (χ1v) is 6.94. The number of ether oxygens (including phenoxy) is 1. The van der Waals surface area contributed by atoms with Crippen LogP contribution in [-0.2, 0) is 16.1 Å². The van der Waals surface area contributed by atoms with Crippen LogP contribution < -0.4 is 5.32 Å². The molecule has 112 valence electrons. The fourth-order valence-electron chi connectivity index (χ4n) is 1.88. The number of carbonyl (C=O) groups is 1. The monoisotopic (exact) mass is 287 g/mol. The van der Waals surface area contributed by atoms with Crippen LogP contribution in [0.2, 0.25) is 0 Å². The van der Waals surface area contributed by atoms with Gasteiger partial charge in [0.1, 0.15) is 5.60 Å². The second-order valence-corrected chi connectivity index (χ2v) is 5.83. The average molecular weight is 287 g/mol. The molecular weight excluding hydrogens is 266 g/mol. The summed E-state index contributed by atoms with van der Waals surface area (Å²) in [5.41, 5.74) is 1.73. The van der Waals surface area contributed by atoms with Gasteiger partial charge in [-0.3, -0.25) is 4.79 Å². The van der Waals surface area contributed by atoms with Gasteiger partial charge in [-0.25, -0.2) is 4.98 Å². The zero-order chi connectivity index (χ0) is 15.3. The summed E-state index contributed by atoms with van der Waals surface area (Å²) in [6.45, 7) is 6.42. The minimum absolute atomic E-state index is 0.209. The Morgan fingerprint density at radius 1 is 1.29 bits per heavy atom.